The Hall–Kier alpha value is -1.95. The molecule has 0 radical (unpaired) electrons. The van der Waals surface area contributed by atoms with Gasteiger partial charge in [-0.1, -0.05) is 12.1 Å². The molecule has 1 saturated carbocycles. The van der Waals surface area contributed by atoms with E-state index in [0.29, 0.717) is 0 Å². The van der Waals surface area contributed by atoms with E-state index in [-0.39, 0.29) is 11.2 Å². The second-order valence-electron chi connectivity index (χ2n) is 6.41. The summed E-state index contributed by atoms with van der Waals surface area (Å²) >= 11 is 1.66. The molecule has 1 aliphatic carbocycles. The molecular weight excluding hydrogens is 323 g/mol. The summed E-state index contributed by atoms with van der Waals surface area (Å²) in [5.74, 6) is 0.669. The zero-order valence-electron chi connectivity index (χ0n) is 14.3. The van der Waals surface area contributed by atoms with Crippen LogP contribution in [-0.2, 0) is 12.0 Å². The fraction of sp³-hybridized carbons (Fsp3) is 0.444. The zero-order valence-corrected chi connectivity index (χ0v) is 15.2. The number of guanidine groups is 1. The number of hydrogen-bond donors (Lipinski definition) is 1. The number of hydrogen-bond acceptors (Lipinski definition) is 3. The Labute approximate surface area is 146 Å². The minimum absolute atomic E-state index is 0.0378. The van der Waals surface area contributed by atoms with Gasteiger partial charge in [-0.15, -0.1) is 11.3 Å². The van der Waals surface area contributed by atoms with E-state index in [1.165, 1.54) is 6.07 Å². The van der Waals surface area contributed by atoms with Crippen molar-refractivity contribution in [3.05, 3.63) is 51.7 Å². The molecule has 1 N–H and O–H groups in total. The number of nitrogens with one attached hydrogen (secondary N) is 1. The molecule has 6 heteroatoms. The maximum atomic E-state index is 13.5. The lowest BCUT2D eigenvalue weighted by molar-refractivity contribution is 0.464. The van der Waals surface area contributed by atoms with Gasteiger partial charge >= 0.3 is 0 Å². The number of aromatic nitrogens is 1. The zero-order chi connectivity index (χ0) is 17.2. The summed E-state index contributed by atoms with van der Waals surface area (Å²) in [6.45, 7) is 3.50. The number of halogens is 1. The molecule has 3 rings (SSSR count). The van der Waals surface area contributed by atoms with Gasteiger partial charge in [0.2, 0.25) is 0 Å². The van der Waals surface area contributed by atoms with E-state index in [1.807, 2.05) is 20.0 Å². The SMILES string of the molecule is CN=C(NCC1(c2cccc(F)c2)CC1)N(C)Cc1csc(C)n1. The fourth-order valence-corrected chi connectivity index (χ4v) is 3.57. The smallest absolute Gasteiger partial charge is 0.193 e. The molecule has 1 aliphatic rings. The van der Waals surface area contributed by atoms with Crippen LogP contribution in [-0.4, -0.2) is 36.5 Å². The van der Waals surface area contributed by atoms with E-state index >= 15 is 0 Å². The first kappa shape index (κ1) is 16.9. The molecule has 128 valence electrons. The largest absolute Gasteiger partial charge is 0.355 e. The highest BCUT2D eigenvalue weighted by molar-refractivity contribution is 7.09. The van der Waals surface area contributed by atoms with Gasteiger partial charge in [-0.25, -0.2) is 9.37 Å². The maximum absolute atomic E-state index is 13.5. The molecule has 2 aromatic rings. The van der Waals surface area contributed by atoms with E-state index < -0.39 is 0 Å². The molecule has 0 spiro atoms. The third kappa shape index (κ3) is 3.75. The van der Waals surface area contributed by atoms with Gasteiger partial charge in [0, 0.05) is 31.4 Å². The number of thiazole rings is 1. The van der Waals surface area contributed by atoms with Gasteiger partial charge in [0.05, 0.1) is 17.2 Å². The van der Waals surface area contributed by atoms with Crippen LogP contribution < -0.4 is 5.32 Å². The van der Waals surface area contributed by atoms with Crippen LogP contribution >= 0.6 is 11.3 Å². The Balaban J connectivity index is 1.62. The summed E-state index contributed by atoms with van der Waals surface area (Å²) in [7, 11) is 3.79. The van der Waals surface area contributed by atoms with Crippen molar-refractivity contribution in [3.63, 3.8) is 0 Å². The molecule has 1 heterocycles. The van der Waals surface area contributed by atoms with E-state index in [4.69, 9.17) is 0 Å². The van der Waals surface area contributed by atoms with Crippen molar-refractivity contribution < 1.29 is 4.39 Å². The lowest BCUT2D eigenvalue weighted by Gasteiger charge is -2.24. The highest BCUT2D eigenvalue weighted by Crippen LogP contribution is 2.47. The number of rotatable bonds is 5. The third-order valence-electron chi connectivity index (χ3n) is 4.51. The normalized spacial score (nSPS) is 16.1. The Morgan fingerprint density at radius 1 is 1.46 bits per heavy atom. The van der Waals surface area contributed by atoms with Gasteiger partial charge in [-0.05, 0) is 37.5 Å². The number of aryl methyl sites for hydroxylation is 1. The van der Waals surface area contributed by atoms with E-state index in [2.05, 4.69) is 25.6 Å². The average Bonchev–Trinajstić information content (AvgIpc) is 3.24. The molecule has 0 bridgehead atoms. The predicted octanol–water partition coefficient (Wildman–Crippen LogP) is 3.33. The van der Waals surface area contributed by atoms with E-state index in [1.54, 1.807) is 30.5 Å². The molecule has 1 aromatic carbocycles. The third-order valence-corrected chi connectivity index (χ3v) is 5.34. The molecule has 0 aliphatic heterocycles. The molecule has 0 amide bonds. The van der Waals surface area contributed by atoms with Gasteiger partial charge in [0.1, 0.15) is 5.82 Å². The van der Waals surface area contributed by atoms with Crippen molar-refractivity contribution in [3.8, 4) is 0 Å². The average molecular weight is 346 g/mol. The lowest BCUT2D eigenvalue weighted by atomic mass is 9.96. The van der Waals surface area contributed by atoms with E-state index in [0.717, 1.165) is 48.2 Å². The molecule has 1 aromatic heterocycles. The first-order valence-electron chi connectivity index (χ1n) is 8.11. The van der Waals surface area contributed by atoms with Gasteiger partial charge in [-0.3, -0.25) is 4.99 Å². The predicted molar refractivity (Wildman–Crippen MR) is 97.0 cm³/mol. The molecular formula is C18H23FN4S. The Morgan fingerprint density at radius 2 is 2.25 bits per heavy atom. The molecule has 0 atom stereocenters. The van der Waals surface area contributed by atoms with Crippen molar-refractivity contribution in [1.29, 1.82) is 0 Å². The summed E-state index contributed by atoms with van der Waals surface area (Å²) in [5.41, 5.74) is 2.16. The van der Waals surface area contributed by atoms with Crippen LogP contribution in [0.25, 0.3) is 0 Å². The van der Waals surface area contributed by atoms with Crippen molar-refractivity contribution in [1.82, 2.24) is 15.2 Å². The van der Waals surface area contributed by atoms with Crippen molar-refractivity contribution >= 4 is 17.3 Å². The van der Waals surface area contributed by atoms with Crippen LogP contribution in [0.4, 0.5) is 4.39 Å². The van der Waals surface area contributed by atoms with Crippen LogP contribution in [0.15, 0.2) is 34.6 Å². The standard InChI is InChI=1S/C18H23FN4S/c1-13-22-16(11-24-13)10-23(3)17(20-2)21-12-18(7-8-18)14-5-4-6-15(19)9-14/h4-6,9,11H,7-8,10,12H2,1-3H3,(H,20,21). The Morgan fingerprint density at radius 3 is 2.83 bits per heavy atom. The Bertz CT molecular complexity index is 736. The number of nitrogens with zero attached hydrogens (tertiary/aromatic N) is 3. The van der Waals surface area contributed by atoms with Crippen molar-refractivity contribution in [2.45, 2.75) is 31.7 Å². The quantitative estimate of drug-likeness (QED) is 0.667. The molecule has 0 saturated heterocycles. The van der Waals surface area contributed by atoms with Crippen LogP contribution in [0.2, 0.25) is 0 Å². The van der Waals surface area contributed by atoms with Gasteiger partial charge in [-0.2, -0.15) is 0 Å². The second kappa shape index (κ2) is 6.89. The minimum Gasteiger partial charge on any atom is -0.355 e. The summed E-state index contributed by atoms with van der Waals surface area (Å²) < 4.78 is 13.5. The first-order chi connectivity index (χ1) is 11.5. The Kier molecular flexibility index (Phi) is 4.85. The lowest BCUT2D eigenvalue weighted by Crippen LogP contribution is -2.42. The highest BCUT2D eigenvalue weighted by Gasteiger charge is 2.44. The van der Waals surface area contributed by atoms with E-state index in [9.17, 15) is 4.39 Å². The summed E-state index contributed by atoms with van der Waals surface area (Å²) in [6, 6.07) is 6.95. The molecule has 4 nitrogen and oxygen atoms in total. The summed E-state index contributed by atoms with van der Waals surface area (Å²) in [6.07, 6.45) is 2.16. The van der Waals surface area contributed by atoms with Gasteiger partial charge in [0.25, 0.3) is 0 Å². The molecule has 1 fully saturated rings. The van der Waals surface area contributed by atoms with Crippen LogP contribution in [0.3, 0.4) is 0 Å². The van der Waals surface area contributed by atoms with Crippen LogP contribution in [0.1, 0.15) is 29.1 Å². The topological polar surface area (TPSA) is 40.5 Å². The monoisotopic (exact) mass is 346 g/mol. The summed E-state index contributed by atoms with van der Waals surface area (Å²) in [4.78, 5) is 10.9. The number of aliphatic imine (C=N–C) groups is 1. The summed E-state index contributed by atoms with van der Waals surface area (Å²) in [5, 5.41) is 6.60. The van der Waals surface area contributed by atoms with Gasteiger partial charge in [0.15, 0.2) is 5.96 Å². The number of benzene rings is 1. The highest BCUT2D eigenvalue weighted by atomic mass is 32.1. The van der Waals surface area contributed by atoms with Gasteiger partial charge < -0.3 is 10.2 Å². The minimum atomic E-state index is -0.167. The molecule has 0 unspecified atom stereocenters. The van der Waals surface area contributed by atoms with Crippen molar-refractivity contribution in [2.75, 3.05) is 20.6 Å². The van der Waals surface area contributed by atoms with Crippen molar-refractivity contribution in [2.24, 2.45) is 4.99 Å². The molecule has 24 heavy (non-hydrogen) atoms. The van der Waals surface area contributed by atoms with Crippen LogP contribution in [0.5, 0.6) is 0 Å². The van der Waals surface area contributed by atoms with Crippen LogP contribution in [0, 0.1) is 12.7 Å². The fourth-order valence-electron chi connectivity index (χ4n) is 2.97. The maximum Gasteiger partial charge on any atom is 0.193 e. The first-order valence-corrected chi connectivity index (χ1v) is 8.99. The second-order valence-corrected chi connectivity index (χ2v) is 7.47.